The van der Waals surface area contributed by atoms with Crippen LogP contribution in [0.15, 0.2) is 0 Å². The fraction of sp³-hybridized carbons (Fsp3) is 1.00. The average molecular weight is 169 g/mol. The van der Waals surface area contributed by atoms with Crippen molar-refractivity contribution < 1.29 is 4.74 Å². The van der Waals surface area contributed by atoms with Crippen LogP contribution in [0.1, 0.15) is 38.5 Å². The number of hydrogen-bond acceptors (Lipinski definition) is 2. The number of ether oxygens (including phenoxy) is 1. The lowest BCUT2D eigenvalue weighted by Crippen LogP contribution is -2.35. The van der Waals surface area contributed by atoms with Crippen molar-refractivity contribution in [3.05, 3.63) is 0 Å². The molecule has 0 bridgehead atoms. The summed E-state index contributed by atoms with van der Waals surface area (Å²) in [5.74, 6) is 0.778. The molecule has 0 radical (unpaired) electrons. The van der Waals surface area contributed by atoms with E-state index in [-0.39, 0.29) is 0 Å². The average Bonchev–Trinajstić information content (AvgIpc) is 2.55. The molecule has 12 heavy (non-hydrogen) atoms. The first-order valence-electron chi connectivity index (χ1n) is 5.19. The van der Waals surface area contributed by atoms with Gasteiger partial charge in [-0.05, 0) is 51.0 Å². The molecule has 0 aromatic rings. The Bertz CT molecular complexity index is 142. The maximum Gasteiger partial charge on any atom is 0.0683 e. The molecular formula is C10H19NO. The van der Waals surface area contributed by atoms with Gasteiger partial charge < -0.3 is 10.5 Å². The van der Waals surface area contributed by atoms with E-state index in [0.717, 1.165) is 19.1 Å². The Hall–Kier alpha value is -0.0800. The molecule has 0 unspecified atom stereocenters. The first-order chi connectivity index (χ1) is 5.85. The molecule has 70 valence electrons. The van der Waals surface area contributed by atoms with E-state index >= 15 is 0 Å². The Morgan fingerprint density at radius 1 is 1.25 bits per heavy atom. The number of hydrogen-bond donors (Lipinski definition) is 1. The smallest absolute Gasteiger partial charge is 0.0683 e. The van der Waals surface area contributed by atoms with E-state index in [2.05, 4.69) is 0 Å². The maximum atomic E-state index is 5.83. The molecule has 1 saturated heterocycles. The zero-order valence-electron chi connectivity index (χ0n) is 7.72. The molecule has 2 nitrogen and oxygen atoms in total. The van der Waals surface area contributed by atoms with Crippen LogP contribution >= 0.6 is 0 Å². The maximum absolute atomic E-state index is 5.83. The summed E-state index contributed by atoms with van der Waals surface area (Å²) in [7, 11) is 0. The second-order valence-corrected chi connectivity index (χ2v) is 4.31. The number of rotatable bonds is 1. The molecule has 2 heteroatoms. The topological polar surface area (TPSA) is 35.2 Å². The van der Waals surface area contributed by atoms with E-state index in [1.54, 1.807) is 0 Å². The lowest BCUT2D eigenvalue weighted by molar-refractivity contribution is -0.0338. The monoisotopic (exact) mass is 169 g/mol. The van der Waals surface area contributed by atoms with Gasteiger partial charge in [-0.25, -0.2) is 0 Å². The molecule has 2 rings (SSSR count). The van der Waals surface area contributed by atoms with Gasteiger partial charge in [-0.1, -0.05) is 0 Å². The molecule has 2 N–H and O–H groups in total. The summed E-state index contributed by atoms with van der Waals surface area (Å²) in [4.78, 5) is 0. The quantitative estimate of drug-likeness (QED) is 0.648. The summed E-state index contributed by atoms with van der Waals surface area (Å²) >= 11 is 0. The largest absolute Gasteiger partial charge is 0.375 e. The van der Waals surface area contributed by atoms with Crippen molar-refractivity contribution in [3.63, 3.8) is 0 Å². The highest BCUT2D eigenvalue weighted by molar-refractivity contribution is 4.90. The van der Waals surface area contributed by atoms with Crippen molar-refractivity contribution in [1.29, 1.82) is 0 Å². The predicted molar refractivity (Wildman–Crippen MR) is 48.9 cm³/mol. The van der Waals surface area contributed by atoms with Crippen LogP contribution in [0.25, 0.3) is 0 Å². The molecule has 1 spiro atoms. The summed E-state index contributed by atoms with van der Waals surface area (Å²) in [5, 5.41) is 0. The van der Waals surface area contributed by atoms with Gasteiger partial charge in [0.25, 0.3) is 0 Å². The fourth-order valence-electron chi connectivity index (χ4n) is 2.59. The van der Waals surface area contributed by atoms with Crippen LogP contribution in [-0.4, -0.2) is 18.8 Å². The van der Waals surface area contributed by atoms with Gasteiger partial charge in [0.2, 0.25) is 0 Å². The molecule has 2 aliphatic rings. The van der Waals surface area contributed by atoms with Crippen LogP contribution in [0.2, 0.25) is 0 Å². The van der Waals surface area contributed by atoms with Gasteiger partial charge >= 0.3 is 0 Å². The number of nitrogens with two attached hydrogens (primary N) is 1. The molecule has 0 amide bonds. The molecule has 0 aromatic carbocycles. The fourth-order valence-corrected chi connectivity index (χ4v) is 2.59. The minimum Gasteiger partial charge on any atom is -0.375 e. The van der Waals surface area contributed by atoms with Crippen molar-refractivity contribution >= 4 is 0 Å². The first-order valence-corrected chi connectivity index (χ1v) is 5.19. The Morgan fingerprint density at radius 3 is 2.50 bits per heavy atom. The summed E-state index contributed by atoms with van der Waals surface area (Å²) in [5.41, 5.74) is 5.95. The van der Waals surface area contributed by atoms with E-state index in [0.29, 0.717) is 5.60 Å². The van der Waals surface area contributed by atoms with Crippen LogP contribution in [0, 0.1) is 5.92 Å². The summed E-state index contributed by atoms with van der Waals surface area (Å²) in [6.45, 7) is 1.86. The standard InChI is InChI=1S/C10H19NO/c11-8-9-2-5-10(6-3-9)4-1-7-12-10/h9H,1-8,11H2. The Labute approximate surface area is 74.5 Å². The summed E-state index contributed by atoms with van der Waals surface area (Å²) < 4.78 is 5.83. The van der Waals surface area contributed by atoms with Crippen LogP contribution in [0.5, 0.6) is 0 Å². The van der Waals surface area contributed by atoms with Gasteiger partial charge in [-0.2, -0.15) is 0 Å². The SMILES string of the molecule is NCC1CCC2(CCCO2)CC1. The third kappa shape index (κ3) is 1.50. The Balaban J connectivity index is 1.88. The van der Waals surface area contributed by atoms with Crippen molar-refractivity contribution in [1.82, 2.24) is 0 Å². The van der Waals surface area contributed by atoms with Gasteiger partial charge in [0.15, 0.2) is 0 Å². The van der Waals surface area contributed by atoms with Crippen LogP contribution in [-0.2, 0) is 4.74 Å². The van der Waals surface area contributed by atoms with Crippen molar-refractivity contribution in [2.75, 3.05) is 13.2 Å². The minimum absolute atomic E-state index is 0.297. The minimum atomic E-state index is 0.297. The molecular weight excluding hydrogens is 150 g/mol. The molecule has 2 fully saturated rings. The van der Waals surface area contributed by atoms with Crippen molar-refractivity contribution in [3.8, 4) is 0 Å². The zero-order valence-corrected chi connectivity index (χ0v) is 7.72. The normalized spacial score (nSPS) is 42.2. The highest BCUT2D eigenvalue weighted by Crippen LogP contribution is 2.40. The van der Waals surface area contributed by atoms with E-state index in [4.69, 9.17) is 10.5 Å². The van der Waals surface area contributed by atoms with Gasteiger partial charge in [0.1, 0.15) is 0 Å². The second-order valence-electron chi connectivity index (χ2n) is 4.31. The third-order valence-corrected chi connectivity index (χ3v) is 3.53. The predicted octanol–water partition coefficient (Wildman–Crippen LogP) is 1.68. The summed E-state index contributed by atoms with van der Waals surface area (Å²) in [6.07, 6.45) is 7.66. The van der Waals surface area contributed by atoms with Crippen LogP contribution in [0.4, 0.5) is 0 Å². The van der Waals surface area contributed by atoms with Crippen molar-refractivity contribution in [2.24, 2.45) is 11.7 Å². The molecule has 1 aliphatic carbocycles. The third-order valence-electron chi connectivity index (χ3n) is 3.53. The van der Waals surface area contributed by atoms with Crippen LogP contribution < -0.4 is 5.73 Å². The Morgan fingerprint density at radius 2 is 2.00 bits per heavy atom. The lowest BCUT2D eigenvalue weighted by Gasteiger charge is -2.36. The van der Waals surface area contributed by atoms with E-state index in [1.165, 1.54) is 38.5 Å². The van der Waals surface area contributed by atoms with E-state index in [9.17, 15) is 0 Å². The van der Waals surface area contributed by atoms with E-state index in [1.807, 2.05) is 0 Å². The van der Waals surface area contributed by atoms with Gasteiger partial charge in [-0.3, -0.25) is 0 Å². The highest BCUT2D eigenvalue weighted by atomic mass is 16.5. The zero-order chi connectivity index (χ0) is 8.44. The molecule has 0 aromatic heterocycles. The molecule has 1 saturated carbocycles. The van der Waals surface area contributed by atoms with Gasteiger partial charge in [0, 0.05) is 6.61 Å². The molecule has 0 atom stereocenters. The highest BCUT2D eigenvalue weighted by Gasteiger charge is 2.38. The van der Waals surface area contributed by atoms with E-state index < -0.39 is 0 Å². The van der Waals surface area contributed by atoms with Gasteiger partial charge in [0.05, 0.1) is 5.60 Å². The first kappa shape index (κ1) is 8.52. The van der Waals surface area contributed by atoms with Crippen LogP contribution in [0.3, 0.4) is 0 Å². The Kier molecular flexibility index (Phi) is 2.37. The van der Waals surface area contributed by atoms with Crippen molar-refractivity contribution in [2.45, 2.75) is 44.1 Å². The second kappa shape index (κ2) is 3.35. The molecule has 1 heterocycles. The lowest BCUT2D eigenvalue weighted by atomic mass is 9.77. The van der Waals surface area contributed by atoms with Gasteiger partial charge in [-0.15, -0.1) is 0 Å². The molecule has 1 aliphatic heterocycles. The summed E-state index contributed by atoms with van der Waals surface area (Å²) in [6, 6.07) is 0.